The number of furan rings is 1. The first-order valence-electron chi connectivity index (χ1n) is 6.30. The highest BCUT2D eigenvalue weighted by Gasteiger charge is 2.07. The van der Waals surface area contributed by atoms with Crippen LogP contribution in [0.5, 0.6) is 0 Å². The number of anilines is 1. The Bertz CT molecular complexity index is 507. The maximum absolute atomic E-state index is 5.69. The van der Waals surface area contributed by atoms with Gasteiger partial charge in [-0.2, -0.15) is 11.8 Å². The molecule has 0 unspecified atom stereocenters. The minimum Gasteiger partial charge on any atom is -0.463 e. The number of hydrogen-bond donors (Lipinski definition) is 1. The average molecular weight is 297 g/mol. The Hall–Kier alpha value is -1.01. The summed E-state index contributed by atoms with van der Waals surface area (Å²) in [6.45, 7) is 5.03. The molecule has 4 nitrogen and oxygen atoms in total. The molecule has 1 N–H and O–H groups in total. The fourth-order valence-electron chi connectivity index (χ4n) is 1.66. The summed E-state index contributed by atoms with van der Waals surface area (Å²) in [7, 11) is 0. The number of thioether (sulfide) groups is 1. The van der Waals surface area contributed by atoms with Crippen molar-refractivity contribution in [3.63, 3.8) is 0 Å². The summed E-state index contributed by atoms with van der Waals surface area (Å²) in [5, 5.41) is 13.5. The molecule has 0 atom stereocenters. The van der Waals surface area contributed by atoms with Gasteiger partial charge >= 0.3 is 0 Å². The SMILES string of the molecule is CSCc1ccc(CNc2nnc(CC(C)C)s2)o1. The Balaban J connectivity index is 1.85. The summed E-state index contributed by atoms with van der Waals surface area (Å²) in [5.41, 5.74) is 0. The number of hydrogen-bond acceptors (Lipinski definition) is 6. The molecule has 0 fully saturated rings. The second kappa shape index (κ2) is 6.96. The third-order valence-electron chi connectivity index (χ3n) is 2.47. The quantitative estimate of drug-likeness (QED) is 0.842. The van der Waals surface area contributed by atoms with Gasteiger partial charge in [-0.3, -0.25) is 0 Å². The lowest BCUT2D eigenvalue weighted by atomic mass is 10.1. The van der Waals surface area contributed by atoms with Crippen LogP contribution in [-0.4, -0.2) is 16.5 Å². The van der Waals surface area contributed by atoms with Crippen LogP contribution in [0.4, 0.5) is 5.13 Å². The maximum Gasteiger partial charge on any atom is 0.206 e. The van der Waals surface area contributed by atoms with Gasteiger partial charge in [0, 0.05) is 6.42 Å². The smallest absolute Gasteiger partial charge is 0.206 e. The van der Waals surface area contributed by atoms with E-state index in [-0.39, 0.29) is 0 Å². The highest BCUT2D eigenvalue weighted by molar-refractivity contribution is 7.97. The zero-order valence-corrected chi connectivity index (χ0v) is 13.1. The van der Waals surface area contributed by atoms with Crippen LogP contribution in [0.15, 0.2) is 16.5 Å². The zero-order chi connectivity index (χ0) is 13.7. The predicted octanol–water partition coefficient (Wildman–Crippen LogP) is 3.80. The zero-order valence-electron chi connectivity index (χ0n) is 11.5. The standard InChI is InChI=1S/C13H19N3OS2/c1-9(2)6-12-15-16-13(19-12)14-7-10-4-5-11(17-10)8-18-3/h4-5,9H,6-8H2,1-3H3,(H,14,16). The van der Waals surface area contributed by atoms with E-state index in [4.69, 9.17) is 4.42 Å². The number of rotatable bonds is 7. The molecule has 0 aliphatic heterocycles. The van der Waals surface area contributed by atoms with Crippen molar-refractivity contribution in [3.8, 4) is 0 Å². The van der Waals surface area contributed by atoms with Crippen LogP contribution in [0.25, 0.3) is 0 Å². The molecular weight excluding hydrogens is 278 g/mol. The Morgan fingerprint density at radius 1 is 1.32 bits per heavy atom. The predicted molar refractivity (Wildman–Crippen MR) is 81.7 cm³/mol. The van der Waals surface area contributed by atoms with Crippen LogP contribution in [-0.2, 0) is 18.7 Å². The number of aromatic nitrogens is 2. The van der Waals surface area contributed by atoms with Gasteiger partial charge in [0.05, 0.1) is 12.3 Å². The molecule has 104 valence electrons. The minimum atomic E-state index is 0.611. The van der Waals surface area contributed by atoms with E-state index in [1.165, 1.54) is 0 Å². The molecule has 19 heavy (non-hydrogen) atoms. The normalized spacial score (nSPS) is 11.2. The van der Waals surface area contributed by atoms with E-state index >= 15 is 0 Å². The van der Waals surface area contributed by atoms with Crippen molar-refractivity contribution in [2.24, 2.45) is 5.92 Å². The van der Waals surface area contributed by atoms with Gasteiger partial charge in [0.2, 0.25) is 5.13 Å². The van der Waals surface area contributed by atoms with E-state index in [0.717, 1.165) is 33.8 Å². The fraction of sp³-hybridized carbons (Fsp3) is 0.538. The molecule has 0 radical (unpaired) electrons. The Kier molecular flexibility index (Phi) is 5.27. The van der Waals surface area contributed by atoms with Crippen LogP contribution in [0.2, 0.25) is 0 Å². The monoisotopic (exact) mass is 297 g/mol. The summed E-state index contributed by atoms with van der Waals surface area (Å²) in [6, 6.07) is 4.03. The second-order valence-electron chi connectivity index (χ2n) is 4.75. The van der Waals surface area contributed by atoms with Gasteiger partial charge in [-0.1, -0.05) is 25.2 Å². The molecule has 0 saturated heterocycles. The summed E-state index contributed by atoms with van der Waals surface area (Å²) in [5.74, 6) is 3.48. The van der Waals surface area contributed by atoms with Gasteiger partial charge in [0.1, 0.15) is 16.5 Å². The Morgan fingerprint density at radius 3 is 2.84 bits per heavy atom. The summed E-state index contributed by atoms with van der Waals surface area (Å²) in [6.07, 6.45) is 3.05. The van der Waals surface area contributed by atoms with E-state index in [2.05, 4.69) is 35.6 Å². The van der Waals surface area contributed by atoms with Crippen molar-refractivity contribution in [1.29, 1.82) is 0 Å². The summed E-state index contributed by atoms with van der Waals surface area (Å²) < 4.78 is 5.69. The van der Waals surface area contributed by atoms with E-state index < -0.39 is 0 Å². The number of nitrogens with zero attached hydrogens (tertiary/aromatic N) is 2. The van der Waals surface area contributed by atoms with E-state index in [0.29, 0.717) is 12.5 Å². The van der Waals surface area contributed by atoms with Gasteiger partial charge < -0.3 is 9.73 Å². The Morgan fingerprint density at radius 2 is 2.11 bits per heavy atom. The molecule has 2 aromatic heterocycles. The van der Waals surface area contributed by atoms with Gasteiger partial charge in [-0.25, -0.2) is 0 Å². The third-order valence-corrected chi connectivity index (χ3v) is 3.94. The lowest BCUT2D eigenvalue weighted by molar-refractivity contribution is 0.487. The third kappa shape index (κ3) is 4.54. The molecule has 0 saturated carbocycles. The van der Waals surface area contributed by atoms with Crippen molar-refractivity contribution in [2.75, 3.05) is 11.6 Å². The molecule has 2 rings (SSSR count). The molecular formula is C13H19N3OS2. The fourth-order valence-corrected chi connectivity index (χ4v) is 3.04. The lowest BCUT2D eigenvalue weighted by Gasteiger charge is -1.99. The van der Waals surface area contributed by atoms with Crippen LogP contribution in [0, 0.1) is 5.92 Å². The molecule has 0 aliphatic carbocycles. The van der Waals surface area contributed by atoms with Crippen LogP contribution in [0.1, 0.15) is 30.4 Å². The van der Waals surface area contributed by atoms with Gasteiger partial charge in [0.15, 0.2) is 0 Å². The molecule has 2 aromatic rings. The van der Waals surface area contributed by atoms with Gasteiger partial charge in [-0.05, 0) is 24.3 Å². The van der Waals surface area contributed by atoms with Gasteiger partial charge in [-0.15, -0.1) is 10.2 Å². The average Bonchev–Trinajstić information content (AvgIpc) is 2.96. The molecule has 2 heterocycles. The van der Waals surface area contributed by atoms with Crippen LogP contribution >= 0.6 is 23.1 Å². The highest BCUT2D eigenvalue weighted by Crippen LogP contribution is 2.20. The van der Waals surface area contributed by atoms with Crippen molar-refractivity contribution in [3.05, 3.63) is 28.7 Å². The topological polar surface area (TPSA) is 51.0 Å². The van der Waals surface area contributed by atoms with Gasteiger partial charge in [0.25, 0.3) is 0 Å². The second-order valence-corrected chi connectivity index (χ2v) is 6.68. The van der Waals surface area contributed by atoms with Crippen molar-refractivity contribution < 1.29 is 4.42 Å². The van der Waals surface area contributed by atoms with E-state index in [1.54, 1.807) is 23.1 Å². The van der Waals surface area contributed by atoms with Crippen LogP contribution in [0.3, 0.4) is 0 Å². The molecule has 0 aliphatic rings. The van der Waals surface area contributed by atoms with Crippen LogP contribution < -0.4 is 5.32 Å². The molecule has 0 aromatic carbocycles. The molecule has 0 amide bonds. The Labute approximate surface area is 122 Å². The number of nitrogens with one attached hydrogen (secondary N) is 1. The highest BCUT2D eigenvalue weighted by atomic mass is 32.2. The lowest BCUT2D eigenvalue weighted by Crippen LogP contribution is -1.97. The maximum atomic E-state index is 5.69. The largest absolute Gasteiger partial charge is 0.463 e. The molecule has 0 bridgehead atoms. The van der Waals surface area contributed by atoms with Crippen molar-refractivity contribution >= 4 is 28.2 Å². The summed E-state index contributed by atoms with van der Waals surface area (Å²) >= 11 is 3.38. The van der Waals surface area contributed by atoms with Crippen molar-refractivity contribution in [2.45, 2.75) is 32.6 Å². The molecule has 0 spiro atoms. The first kappa shape index (κ1) is 14.4. The van der Waals surface area contributed by atoms with E-state index in [9.17, 15) is 0 Å². The van der Waals surface area contributed by atoms with E-state index in [1.807, 2.05) is 12.1 Å². The first-order valence-corrected chi connectivity index (χ1v) is 8.51. The molecule has 6 heteroatoms. The first-order chi connectivity index (χ1) is 9.17. The minimum absolute atomic E-state index is 0.611. The summed E-state index contributed by atoms with van der Waals surface area (Å²) in [4.78, 5) is 0. The van der Waals surface area contributed by atoms with Crippen molar-refractivity contribution in [1.82, 2.24) is 10.2 Å².